The molecule has 1 rings (SSSR count). The van der Waals surface area contributed by atoms with Crippen LogP contribution in [0.3, 0.4) is 0 Å². The van der Waals surface area contributed by atoms with Crippen LogP contribution in [0.1, 0.15) is 11.4 Å². The van der Waals surface area contributed by atoms with Crippen LogP contribution in [0.2, 0.25) is 0 Å². The van der Waals surface area contributed by atoms with E-state index < -0.39 is 0 Å². The van der Waals surface area contributed by atoms with Crippen molar-refractivity contribution in [2.75, 3.05) is 13.2 Å². The Hall–Kier alpha value is -1.03. The molecule has 0 atom stereocenters. The number of aromatic nitrogens is 2. The van der Waals surface area contributed by atoms with E-state index in [-0.39, 0.29) is 0 Å². The molecular formula is C8H15N3O. The van der Waals surface area contributed by atoms with Gasteiger partial charge in [0.25, 0.3) is 0 Å². The van der Waals surface area contributed by atoms with Crippen molar-refractivity contribution in [3.63, 3.8) is 0 Å². The molecule has 68 valence electrons. The van der Waals surface area contributed by atoms with Crippen LogP contribution in [0, 0.1) is 13.8 Å². The van der Waals surface area contributed by atoms with Gasteiger partial charge in [0, 0.05) is 13.6 Å². The van der Waals surface area contributed by atoms with Gasteiger partial charge in [-0.1, -0.05) is 0 Å². The number of rotatable bonds is 3. The van der Waals surface area contributed by atoms with E-state index in [1.165, 1.54) is 0 Å². The highest BCUT2D eigenvalue weighted by molar-refractivity contribution is 5.31. The molecule has 0 saturated heterocycles. The maximum absolute atomic E-state index is 5.43. The maximum Gasteiger partial charge on any atom is 0.163 e. The molecule has 0 aliphatic rings. The summed E-state index contributed by atoms with van der Waals surface area (Å²) in [6.07, 6.45) is 0. The average molecular weight is 169 g/mol. The number of aryl methyl sites for hydroxylation is 2. The molecule has 0 aliphatic carbocycles. The van der Waals surface area contributed by atoms with Crippen molar-refractivity contribution in [1.29, 1.82) is 0 Å². The van der Waals surface area contributed by atoms with Gasteiger partial charge in [0.1, 0.15) is 12.3 Å². The lowest BCUT2D eigenvalue weighted by Gasteiger charge is -2.03. The van der Waals surface area contributed by atoms with Crippen LogP contribution in [0.5, 0.6) is 5.75 Å². The lowest BCUT2D eigenvalue weighted by molar-refractivity contribution is 0.323. The summed E-state index contributed by atoms with van der Waals surface area (Å²) in [5.41, 5.74) is 7.29. The van der Waals surface area contributed by atoms with Gasteiger partial charge in [-0.3, -0.25) is 4.68 Å². The van der Waals surface area contributed by atoms with Gasteiger partial charge in [-0.05, 0) is 13.8 Å². The monoisotopic (exact) mass is 169 g/mol. The first kappa shape index (κ1) is 9.06. The molecule has 4 nitrogen and oxygen atoms in total. The quantitative estimate of drug-likeness (QED) is 0.711. The van der Waals surface area contributed by atoms with Crippen molar-refractivity contribution in [2.24, 2.45) is 12.8 Å². The normalized spacial score (nSPS) is 10.3. The van der Waals surface area contributed by atoms with Crippen molar-refractivity contribution >= 4 is 0 Å². The Labute approximate surface area is 72.3 Å². The van der Waals surface area contributed by atoms with E-state index in [1.54, 1.807) is 4.68 Å². The minimum absolute atomic E-state index is 0.535. The highest BCUT2D eigenvalue weighted by Crippen LogP contribution is 2.20. The fraction of sp³-hybridized carbons (Fsp3) is 0.625. The topological polar surface area (TPSA) is 53.1 Å². The van der Waals surface area contributed by atoms with E-state index in [2.05, 4.69) is 5.10 Å². The summed E-state index contributed by atoms with van der Waals surface area (Å²) < 4.78 is 7.24. The Bertz CT molecular complexity index is 268. The molecule has 0 amide bonds. The zero-order chi connectivity index (χ0) is 9.14. The third kappa shape index (κ3) is 1.58. The Balaban J connectivity index is 2.82. The minimum Gasteiger partial charge on any atom is -0.488 e. The maximum atomic E-state index is 5.43. The number of ether oxygens (including phenoxy) is 1. The second kappa shape index (κ2) is 3.58. The third-order valence-electron chi connectivity index (χ3n) is 1.81. The second-order valence-electron chi connectivity index (χ2n) is 2.76. The van der Waals surface area contributed by atoms with E-state index in [4.69, 9.17) is 10.5 Å². The molecule has 0 spiro atoms. The molecule has 4 heteroatoms. The molecule has 0 radical (unpaired) electrons. The molecule has 0 aromatic carbocycles. The summed E-state index contributed by atoms with van der Waals surface area (Å²) in [4.78, 5) is 0. The van der Waals surface area contributed by atoms with Crippen LogP contribution >= 0.6 is 0 Å². The van der Waals surface area contributed by atoms with Gasteiger partial charge in [-0.2, -0.15) is 5.10 Å². The third-order valence-corrected chi connectivity index (χ3v) is 1.81. The molecule has 12 heavy (non-hydrogen) atoms. The Kier molecular flexibility index (Phi) is 2.70. The predicted molar refractivity (Wildman–Crippen MR) is 47.2 cm³/mol. The van der Waals surface area contributed by atoms with Gasteiger partial charge in [0.2, 0.25) is 0 Å². The smallest absolute Gasteiger partial charge is 0.163 e. The molecule has 0 fully saturated rings. The van der Waals surface area contributed by atoms with Crippen LogP contribution in [0.15, 0.2) is 0 Å². The van der Waals surface area contributed by atoms with Gasteiger partial charge >= 0.3 is 0 Å². The zero-order valence-corrected chi connectivity index (χ0v) is 7.79. The zero-order valence-electron chi connectivity index (χ0n) is 7.79. The van der Waals surface area contributed by atoms with Gasteiger partial charge in [-0.15, -0.1) is 0 Å². The molecule has 0 unspecified atom stereocenters. The first-order valence-electron chi connectivity index (χ1n) is 4.00. The minimum atomic E-state index is 0.535. The van der Waals surface area contributed by atoms with Crippen LogP contribution in [0.25, 0.3) is 0 Å². The van der Waals surface area contributed by atoms with Crippen molar-refractivity contribution in [2.45, 2.75) is 13.8 Å². The van der Waals surface area contributed by atoms with E-state index in [9.17, 15) is 0 Å². The molecule has 1 aromatic rings. The molecule has 0 saturated carbocycles. The molecule has 0 aliphatic heterocycles. The first-order valence-corrected chi connectivity index (χ1v) is 4.00. The molecule has 2 N–H and O–H groups in total. The highest BCUT2D eigenvalue weighted by Gasteiger charge is 2.09. The Morgan fingerprint density at radius 3 is 2.58 bits per heavy atom. The molecule has 1 aromatic heterocycles. The van der Waals surface area contributed by atoms with Crippen molar-refractivity contribution in [1.82, 2.24) is 9.78 Å². The summed E-state index contributed by atoms with van der Waals surface area (Å²) in [7, 11) is 1.90. The van der Waals surface area contributed by atoms with Gasteiger partial charge < -0.3 is 10.5 Å². The van der Waals surface area contributed by atoms with Crippen LogP contribution in [-0.2, 0) is 7.05 Å². The molecule has 0 bridgehead atoms. The summed E-state index contributed by atoms with van der Waals surface area (Å²) in [5.74, 6) is 0.864. The summed E-state index contributed by atoms with van der Waals surface area (Å²) in [6, 6.07) is 0. The van der Waals surface area contributed by atoms with E-state index >= 15 is 0 Å². The van der Waals surface area contributed by atoms with Gasteiger partial charge in [-0.25, -0.2) is 0 Å². The standard InChI is InChI=1S/C8H15N3O/c1-6-8(12-5-4-9)7(2)11(3)10-6/h4-5,9H2,1-3H3. The lowest BCUT2D eigenvalue weighted by atomic mass is 10.3. The van der Waals surface area contributed by atoms with Gasteiger partial charge in [0.05, 0.1) is 5.69 Å². The summed E-state index contributed by atoms with van der Waals surface area (Å²) >= 11 is 0. The number of nitrogens with zero attached hydrogens (tertiary/aromatic N) is 2. The number of nitrogens with two attached hydrogens (primary N) is 1. The van der Waals surface area contributed by atoms with Crippen LogP contribution in [-0.4, -0.2) is 22.9 Å². The van der Waals surface area contributed by atoms with Crippen molar-refractivity contribution < 1.29 is 4.74 Å². The number of hydrogen-bond donors (Lipinski definition) is 1. The number of hydrogen-bond acceptors (Lipinski definition) is 3. The largest absolute Gasteiger partial charge is 0.488 e. The van der Waals surface area contributed by atoms with Crippen molar-refractivity contribution in [3.8, 4) is 5.75 Å². The molecular weight excluding hydrogens is 154 g/mol. The summed E-state index contributed by atoms with van der Waals surface area (Å²) in [6.45, 7) is 4.99. The van der Waals surface area contributed by atoms with Crippen molar-refractivity contribution in [3.05, 3.63) is 11.4 Å². The van der Waals surface area contributed by atoms with E-state index in [0.717, 1.165) is 17.1 Å². The SMILES string of the molecule is Cc1nn(C)c(C)c1OCCN. The van der Waals surface area contributed by atoms with E-state index in [0.29, 0.717) is 13.2 Å². The fourth-order valence-corrected chi connectivity index (χ4v) is 1.12. The fourth-order valence-electron chi connectivity index (χ4n) is 1.12. The Morgan fingerprint density at radius 1 is 1.50 bits per heavy atom. The highest BCUT2D eigenvalue weighted by atomic mass is 16.5. The average Bonchev–Trinajstić information content (AvgIpc) is 2.25. The van der Waals surface area contributed by atoms with Crippen LogP contribution < -0.4 is 10.5 Å². The van der Waals surface area contributed by atoms with E-state index in [1.807, 2.05) is 20.9 Å². The predicted octanol–water partition coefficient (Wildman–Crippen LogP) is 0.374. The molecule has 1 heterocycles. The summed E-state index contributed by atoms with van der Waals surface area (Å²) in [5, 5.41) is 4.21. The first-order chi connectivity index (χ1) is 5.66. The second-order valence-corrected chi connectivity index (χ2v) is 2.76. The van der Waals surface area contributed by atoms with Gasteiger partial charge in [0.15, 0.2) is 5.75 Å². The van der Waals surface area contributed by atoms with Crippen LogP contribution in [0.4, 0.5) is 0 Å². The lowest BCUT2D eigenvalue weighted by Crippen LogP contribution is -2.11. The Morgan fingerprint density at radius 2 is 2.17 bits per heavy atom.